The van der Waals surface area contributed by atoms with Crippen LogP contribution in [-0.2, 0) is 5.54 Å². The highest BCUT2D eigenvalue weighted by Crippen LogP contribution is 2.37. The molecule has 138 valence electrons. The zero-order valence-electron chi connectivity index (χ0n) is 16.5. The average molecular weight is 366 g/mol. The van der Waals surface area contributed by atoms with Gasteiger partial charge in [-0.3, -0.25) is 0 Å². The van der Waals surface area contributed by atoms with Crippen molar-refractivity contribution < 1.29 is 4.57 Å². The monoisotopic (exact) mass is 365 g/mol. The average Bonchev–Trinajstić information content (AvgIpc) is 3.04. The molecule has 0 unspecified atom stereocenters. The fourth-order valence-corrected chi connectivity index (χ4v) is 4.67. The lowest BCUT2D eigenvalue weighted by Gasteiger charge is -2.26. The SMILES string of the molecule is CCC1(CC)C=Cc2ccccc2-c2n(-c3ccccc3)c3ccccc3[n+]21. The predicted molar refractivity (Wildman–Crippen MR) is 116 cm³/mol. The first-order chi connectivity index (χ1) is 13.8. The Bertz CT molecular complexity index is 1180. The van der Waals surface area contributed by atoms with Crippen LogP contribution in [0.5, 0.6) is 0 Å². The standard InChI is InChI=1S/C26H25N2/c1-3-26(4-2)19-18-20-12-8-9-15-22(20)25-27(21-13-6-5-7-14-21)23-16-10-11-17-24(23)28(25)26/h5-19H,3-4H2,1-2H3/q+1. The molecule has 0 radical (unpaired) electrons. The Morgan fingerprint density at radius 3 is 2.25 bits per heavy atom. The maximum Gasteiger partial charge on any atom is 0.296 e. The number of aromatic nitrogens is 2. The lowest BCUT2D eigenvalue weighted by molar-refractivity contribution is -0.720. The first-order valence-electron chi connectivity index (χ1n) is 10.2. The minimum absolute atomic E-state index is 0.0476. The van der Waals surface area contributed by atoms with Gasteiger partial charge >= 0.3 is 0 Å². The molecule has 0 spiro atoms. The molecule has 1 aliphatic rings. The minimum Gasteiger partial charge on any atom is -0.213 e. The van der Waals surface area contributed by atoms with Crippen LogP contribution in [-0.4, -0.2) is 4.57 Å². The van der Waals surface area contributed by atoms with Crippen molar-refractivity contribution >= 4 is 17.1 Å². The zero-order valence-corrected chi connectivity index (χ0v) is 16.5. The van der Waals surface area contributed by atoms with Gasteiger partial charge < -0.3 is 0 Å². The molecule has 1 aromatic heterocycles. The molecule has 0 amide bonds. The first kappa shape index (κ1) is 17.0. The largest absolute Gasteiger partial charge is 0.296 e. The van der Waals surface area contributed by atoms with Gasteiger partial charge in [0.2, 0.25) is 0 Å². The van der Waals surface area contributed by atoms with Crippen LogP contribution < -0.4 is 4.57 Å². The second-order valence-electron chi connectivity index (χ2n) is 7.55. The molecule has 4 aromatic rings. The van der Waals surface area contributed by atoms with Gasteiger partial charge in [-0.2, -0.15) is 4.57 Å². The van der Waals surface area contributed by atoms with Gasteiger partial charge in [-0.05, 0) is 54.8 Å². The molecule has 0 N–H and O–H groups in total. The van der Waals surface area contributed by atoms with Gasteiger partial charge in [0.05, 0.1) is 5.56 Å². The number of hydrogen-bond acceptors (Lipinski definition) is 0. The third-order valence-electron chi connectivity index (χ3n) is 6.25. The summed E-state index contributed by atoms with van der Waals surface area (Å²) in [5.74, 6) is 1.26. The quantitative estimate of drug-likeness (QED) is 0.386. The summed E-state index contributed by atoms with van der Waals surface area (Å²) in [6.07, 6.45) is 6.84. The Hall–Kier alpha value is -3.13. The molecule has 0 bridgehead atoms. The summed E-state index contributed by atoms with van der Waals surface area (Å²) in [4.78, 5) is 0. The van der Waals surface area contributed by atoms with E-state index in [1.807, 2.05) is 0 Å². The number of allylic oxidation sites excluding steroid dienone is 1. The maximum absolute atomic E-state index is 2.58. The Kier molecular flexibility index (Phi) is 3.94. The molecule has 0 aliphatic carbocycles. The van der Waals surface area contributed by atoms with Crippen molar-refractivity contribution in [3.63, 3.8) is 0 Å². The summed E-state index contributed by atoms with van der Waals surface area (Å²) in [5.41, 5.74) is 6.24. The van der Waals surface area contributed by atoms with Gasteiger partial charge in [0.25, 0.3) is 5.82 Å². The molecule has 1 aliphatic heterocycles. The van der Waals surface area contributed by atoms with E-state index in [-0.39, 0.29) is 5.54 Å². The molecule has 0 atom stereocenters. The van der Waals surface area contributed by atoms with Gasteiger partial charge in [0.1, 0.15) is 11.2 Å². The third kappa shape index (κ3) is 2.31. The van der Waals surface area contributed by atoms with Crippen molar-refractivity contribution in [1.29, 1.82) is 0 Å². The van der Waals surface area contributed by atoms with Crippen molar-refractivity contribution in [2.75, 3.05) is 0 Å². The molecule has 0 fully saturated rings. The van der Waals surface area contributed by atoms with E-state index < -0.39 is 0 Å². The molecule has 0 saturated heterocycles. The van der Waals surface area contributed by atoms with Crippen LogP contribution in [0.3, 0.4) is 0 Å². The van der Waals surface area contributed by atoms with Gasteiger partial charge in [-0.1, -0.05) is 68.5 Å². The summed E-state index contributed by atoms with van der Waals surface area (Å²) < 4.78 is 5.01. The van der Waals surface area contributed by atoms with E-state index in [1.54, 1.807) is 0 Å². The van der Waals surface area contributed by atoms with Crippen LogP contribution in [0.15, 0.2) is 84.9 Å². The topological polar surface area (TPSA) is 8.81 Å². The lowest BCUT2D eigenvalue weighted by atomic mass is 9.91. The number of fused-ring (bicyclic) bond motifs is 5. The smallest absolute Gasteiger partial charge is 0.213 e. The van der Waals surface area contributed by atoms with Gasteiger partial charge in [-0.25, -0.2) is 4.57 Å². The number of para-hydroxylation sites is 3. The number of benzene rings is 3. The van der Waals surface area contributed by atoms with Gasteiger partial charge in [0.15, 0.2) is 11.0 Å². The second-order valence-corrected chi connectivity index (χ2v) is 7.55. The predicted octanol–water partition coefficient (Wildman–Crippen LogP) is 6.13. The molecule has 2 heterocycles. The summed E-state index contributed by atoms with van der Waals surface area (Å²) in [6, 6.07) is 28.3. The van der Waals surface area contributed by atoms with E-state index in [1.165, 1.54) is 33.7 Å². The summed E-state index contributed by atoms with van der Waals surface area (Å²) in [6.45, 7) is 4.60. The highest BCUT2D eigenvalue weighted by Gasteiger charge is 2.41. The van der Waals surface area contributed by atoms with E-state index in [4.69, 9.17) is 0 Å². The Labute approximate surface area is 166 Å². The molecule has 0 saturated carbocycles. The Morgan fingerprint density at radius 1 is 0.786 bits per heavy atom. The van der Waals surface area contributed by atoms with Crippen molar-refractivity contribution in [1.82, 2.24) is 4.57 Å². The van der Waals surface area contributed by atoms with E-state index in [9.17, 15) is 0 Å². The van der Waals surface area contributed by atoms with Crippen LogP contribution in [0.4, 0.5) is 0 Å². The Balaban J connectivity index is 2.02. The van der Waals surface area contributed by atoms with E-state index in [0.717, 1.165) is 12.8 Å². The zero-order chi connectivity index (χ0) is 19.1. The number of rotatable bonds is 3. The highest BCUT2D eigenvalue weighted by molar-refractivity contribution is 5.82. The molecular formula is C26H25N2+. The van der Waals surface area contributed by atoms with Crippen molar-refractivity contribution in [2.24, 2.45) is 0 Å². The molecule has 28 heavy (non-hydrogen) atoms. The fourth-order valence-electron chi connectivity index (χ4n) is 4.67. The number of nitrogens with zero attached hydrogens (tertiary/aromatic N) is 2. The van der Waals surface area contributed by atoms with Crippen LogP contribution in [0.25, 0.3) is 34.2 Å². The van der Waals surface area contributed by atoms with E-state index in [0.29, 0.717) is 0 Å². The van der Waals surface area contributed by atoms with Crippen molar-refractivity contribution in [2.45, 2.75) is 32.2 Å². The fraction of sp³-hybridized carbons (Fsp3) is 0.192. The van der Waals surface area contributed by atoms with Gasteiger partial charge in [-0.15, -0.1) is 0 Å². The van der Waals surface area contributed by atoms with Crippen molar-refractivity contribution in [3.8, 4) is 17.1 Å². The molecule has 3 aromatic carbocycles. The highest BCUT2D eigenvalue weighted by atomic mass is 15.2. The normalized spacial score (nSPS) is 14.5. The molecule has 2 heteroatoms. The summed E-state index contributed by atoms with van der Waals surface area (Å²) in [7, 11) is 0. The molecule has 2 nitrogen and oxygen atoms in total. The van der Waals surface area contributed by atoms with E-state index in [2.05, 4.69) is 114 Å². The lowest BCUT2D eigenvalue weighted by Crippen LogP contribution is -2.55. The van der Waals surface area contributed by atoms with Crippen LogP contribution >= 0.6 is 0 Å². The number of imidazole rings is 1. The van der Waals surface area contributed by atoms with Crippen LogP contribution in [0.1, 0.15) is 32.3 Å². The molecule has 5 rings (SSSR count). The maximum atomic E-state index is 2.58. The van der Waals surface area contributed by atoms with Crippen molar-refractivity contribution in [3.05, 3.63) is 90.5 Å². The minimum atomic E-state index is -0.0476. The summed E-state index contributed by atoms with van der Waals surface area (Å²) in [5, 5.41) is 0. The van der Waals surface area contributed by atoms with Crippen LogP contribution in [0.2, 0.25) is 0 Å². The first-order valence-corrected chi connectivity index (χ1v) is 10.2. The van der Waals surface area contributed by atoms with Crippen LogP contribution in [0, 0.1) is 0 Å². The molecular weight excluding hydrogens is 340 g/mol. The summed E-state index contributed by atoms with van der Waals surface area (Å²) >= 11 is 0. The third-order valence-corrected chi connectivity index (χ3v) is 6.25. The number of hydrogen-bond donors (Lipinski definition) is 0. The second kappa shape index (κ2) is 6.49. The Morgan fingerprint density at radius 2 is 1.46 bits per heavy atom. The van der Waals surface area contributed by atoms with E-state index >= 15 is 0 Å². The van der Waals surface area contributed by atoms with Gasteiger partial charge in [0, 0.05) is 0 Å².